The molecule has 0 aromatic heterocycles. The highest BCUT2D eigenvalue weighted by Crippen LogP contribution is 2.38. The summed E-state index contributed by atoms with van der Waals surface area (Å²) in [7, 11) is 2.39. The molecule has 3 aromatic rings. The van der Waals surface area contributed by atoms with Crippen molar-refractivity contribution in [1.82, 2.24) is 4.90 Å². The molecule has 1 fully saturated rings. The Bertz CT molecular complexity index is 1450. The molecule has 1 saturated heterocycles. The number of allylic oxidation sites excluding steroid dienone is 1. The Morgan fingerprint density at radius 2 is 1.62 bits per heavy atom. The van der Waals surface area contributed by atoms with Crippen molar-refractivity contribution in [2.45, 2.75) is 64.1 Å². The van der Waals surface area contributed by atoms with Crippen LogP contribution in [0.15, 0.2) is 103 Å². The largest absolute Gasteiger partial charge is 0.497 e. The highest BCUT2D eigenvalue weighted by Gasteiger charge is 2.50. The summed E-state index contributed by atoms with van der Waals surface area (Å²) in [5, 5.41) is 2.42. The first-order chi connectivity index (χ1) is 23.0. The fourth-order valence-electron chi connectivity index (χ4n) is 7.23. The second-order valence-electron chi connectivity index (χ2n) is 14.0. The van der Waals surface area contributed by atoms with Crippen LogP contribution in [-0.4, -0.2) is 72.4 Å². The number of likely N-dealkylation sites (tertiary alicyclic amines) is 1. The van der Waals surface area contributed by atoms with Crippen molar-refractivity contribution in [3.8, 4) is 5.75 Å². The molecule has 0 spiro atoms. The molecule has 1 aliphatic heterocycles. The molecule has 7 heteroatoms. The van der Waals surface area contributed by atoms with Gasteiger partial charge in [0, 0.05) is 27.4 Å². The van der Waals surface area contributed by atoms with Crippen LogP contribution < -0.4 is 15.1 Å². The lowest BCUT2D eigenvalue weighted by Crippen LogP contribution is -2.66. The standard InChI is InChI=1S/C41H55NO5Si/c1-31(2)38(23-16-26-47-48(41(3,4)5,36-19-11-9-12-20-36)37-21-13-10-14-22-37)39(25-24-32-17-15-18-34(27-32)45-7)40(43)42-29-35(46-8)28-33(42)30-44-6/h9-15,17-22,24-25,27,33,35,38-39H,1,16,23,26,28-30H2,2-8H3/b25-24+/t33-,35+,38+,39-/m0/s1. The predicted molar refractivity (Wildman–Crippen MR) is 199 cm³/mol. The van der Waals surface area contributed by atoms with Crippen LogP contribution in [0.5, 0.6) is 5.75 Å². The highest BCUT2D eigenvalue weighted by atomic mass is 28.4. The van der Waals surface area contributed by atoms with Crippen LogP contribution in [0.4, 0.5) is 0 Å². The molecule has 4 atom stereocenters. The monoisotopic (exact) mass is 669 g/mol. The molecule has 258 valence electrons. The van der Waals surface area contributed by atoms with Gasteiger partial charge in [-0.3, -0.25) is 4.79 Å². The smallest absolute Gasteiger partial charge is 0.261 e. The molecule has 0 aliphatic carbocycles. The Morgan fingerprint density at radius 1 is 0.979 bits per heavy atom. The van der Waals surface area contributed by atoms with Gasteiger partial charge < -0.3 is 23.5 Å². The van der Waals surface area contributed by atoms with Crippen LogP contribution in [-0.2, 0) is 18.7 Å². The van der Waals surface area contributed by atoms with E-state index in [4.69, 9.17) is 18.6 Å². The van der Waals surface area contributed by atoms with E-state index in [1.807, 2.05) is 42.2 Å². The van der Waals surface area contributed by atoms with E-state index in [1.54, 1.807) is 21.3 Å². The second kappa shape index (κ2) is 17.2. The number of ether oxygens (including phenoxy) is 3. The van der Waals surface area contributed by atoms with E-state index in [-0.39, 0.29) is 29.0 Å². The van der Waals surface area contributed by atoms with Gasteiger partial charge in [-0.1, -0.05) is 118 Å². The maximum atomic E-state index is 14.5. The summed E-state index contributed by atoms with van der Waals surface area (Å²) in [6.45, 7) is 15.0. The third kappa shape index (κ3) is 8.75. The second-order valence-corrected chi connectivity index (χ2v) is 18.3. The van der Waals surface area contributed by atoms with Crippen molar-refractivity contribution < 1.29 is 23.4 Å². The molecule has 0 bridgehead atoms. The predicted octanol–water partition coefficient (Wildman–Crippen LogP) is 7.14. The lowest BCUT2D eigenvalue weighted by molar-refractivity contribution is -0.137. The van der Waals surface area contributed by atoms with Gasteiger partial charge in [-0.2, -0.15) is 0 Å². The number of hydrogen-bond donors (Lipinski definition) is 0. The fraction of sp³-hybridized carbons (Fsp3) is 0.439. The lowest BCUT2D eigenvalue weighted by atomic mass is 9.82. The Morgan fingerprint density at radius 3 is 2.17 bits per heavy atom. The zero-order valence-corrected chi connectivity index (χ0v) is 31.0. The van der Waals surface area contributed by atoms with E-state index in [2.05, 4.69) is 94.1 Å². The third-order valence-electron chi connectivity index (χ3n) is 9.69. The summed E-state index contributed by atoms with van der Waals surface area (Å²) in [6, 6.07) is 29.3. The summed E-state index contributed by atoms with van der Waals surface area (Å²) in [5.74, 6) is 0.375. The summed E-state index contributed by atoms with van der Waals surface area (Å²) in [6.07, 6.45) is 6.40. The quantitative estimate of drug-likeness (QED) is 0.0923. The van der Waals surface area contributed by atoms with E-state index < -0.39 is 14.2 Å². The first-order valence-electron chi connectivity index (χ1n) is 17.1. The molecule has 3 aromatic carbocycles. The van der Waals surface area contributed by atoms with Gasteiger partial charge >= 0.3 is 0 Å². The van der Waals surface area contributed by atoms with Gasteiger partial charge in [0.1, 0.15) is 5.75 Å². The van der Waals surface area contributed by atoms with Crippen molar-refractivity contribution in [3.05, 3.63) is 109 Å². The number of carbonyl (C=O) groups excluding carboxylic acids is 1. The minimum absolute atomic E-state index is 0.0137. The number of nitrogens with zero attached hydrogens (tertiary/aromatic N) is 1. The summed E-state index contributed by atoms with van der Waals surface area (Å²) < 4.78 is 23.9. The minimum Gasteiger partial charge on any atom is -0.497 e. The zero-order valence-electron chi connectivity index (χ0n) is 30.0. The molecule has 48 heavy (non-hydrogen) atoms. The van der Waals surface area contributed by atoms with E-state index in [0.29, 0.717) is 19.8 Å². The summed E-state index contributed by atoms with van der Waals surface area (Å²) >= 11 is 0. The first kappa shape index (κ1) is 37.3. The summed E-state index contributed by atoms with van der Waals surface area (Å²) in [5.41, 5.74) is 1.96. The lowest BCUT2D eigenvalue weighted by Gasteiger charge is -2.43. The van der Waals surface area contributed by atoms with Gasteiger partial charge in [0.2, 0.25) is 5.91 Å². The van der Waals surface area contributed by atoms with Crippen LogP contribution in [0.1, 0.15) is 52.5 Å². The molecule has 4 rings (SSSR count). The van der Waals surface area contributed by atoms with Gasteiger partial charge in [0.15, 0.2) is 0 Å². The van der Waals surface area contributed by atoms with Gasteiger partial charge in [-0.05, 0) is 65.2 Å². The Labute approximate surface area is 289 Å². The number of amides is 1. The van der Waals surface area contributed by atoms with Crippen LogP contribution >= 0.6 is 0 Å². The molecule has 1 amide bonds. The van der Waals surface area contributed by atoms with Crippen LogP contribution in [0.3, 0.4) is 0 Å². The van der Waals surface area contributed by atoms with Crippen LogP contribution in [0.25, 0.3) is 6.08 Å². The Hall–Kier alpha value is -3.49. The van der Waals surface area contributed by atoms with E-state index >= 15 is 0 Å². The molecule has 1 aliphatic rings. The topological polar surface area (TPSA) is 57.2 Å². The molecule has 0 N–H and O–H groups in total. The van der Waals surface area contributed by atoms with Crippen molar-refractivity contribution in [2.24, 2.45) is 11.8 Å². The maximum absolute atomic E-state index is 14.5. The van der Waals surface area contributed by atoms with E-state index in [1.165, 1.54) is 10.4 Å². The number of carbonyl (C=O) groups is 1. The average Bonchev–Trinajstić information content (AvgIpc) is 3.50. The van der Waals surface area contributed by atoms with Crippen molar-refractivity contribution in [1.29, 1.82) is 0 Å². The number of benzene rings is 3. The van der Waals surface area contributed by atoms with Gasteiger partial charge in [0.05, 0.1) is 31.8 Å². The van der Waals surface area contributed by atoms with Gasteiger partial charge in [-0.25, -0.2) is 0 Å². The molecule has 6 nitrogen and oxygen atoms in total. The van der Waals surface area contributed by atoms with E-state index in [9.17, 15) is 4.79 Å². The van der Waals surface area contributed by atoms with Crippen molar-refractivity contribution >= 4 is 30.7 Å². The van der Waals surface area contributed by atoms with Gasteiger partial charge in [0.25, 0.3) is 8.32 Å². The highest BCUT2D eigenvalue weighted by molar-refractivity contribution is 6.99. The molecule has 0 saturated carbocycles. The fourth-order valence-corrected chi connectivity index (χ4v) is 11.8. The Kier molecular flexibility index (Phi) is 13.4. The number of rotatable bonds is 16. The van der Waals surface area contributed by atoms with Crippen molar-refractivity contribution in [2.75, 3.05) is 41.1 Å². The zero-order chi connectivity index (χ0) is 34.7. The summed E-state index contributed by atoms with van der Waals surface area (Å²) in [4.78, 5) is 16.5. The van der Waals surface area contributed by atoms with Gasteiger partial charge in [-0.15, -0.1) is 0 Å². The van der Waals surface area contributed by atoms with E-state index in [0.717, 1.165) is 36.1 Å². The van der Waals surface area contributed by atoms with Crippen molar-refractivity contribution in [3.63, 3.8) is 0 Å². The first-order valence-corrected chi connectivity index (χ1v) is 19.0. The maximum Gasteiger partial charge on any atom is 0.261 e. The molecular weight excluding hydrogens is 615 g/mol. The SMILES string of the molecule is C=C(C)[C@@H](CCCO[Si](c1ccccc1)(c1ccccc1)C(C)(C)C)[C@H](/C=C/c1cccc(OC)c1)C(=O)N1C[C@H](OC)C[C@H]1COC. The molecule has 0 unspecified atom stereocenters. The Balaban J connectivity index is 1.63. The third-order valence-corrected chi connectivity index (χ3v) is 14.7. The normalized spacial score (nSPS) is 18.2. The van der Waals surface area contributed by atoms with Crippen LogP contribution in [0.2, 0.25) is 5.04 Å². The molecular formula is C41H55NO5Si. The van der Waals surface area contributed by atoms with Crippen LogP contribution in [0, 0.1) is 11.8 Å². The average molecular weight is 670 g/mol. The number of methoxy groups -OCH3 is 3. The number of hydrogen-bond acceptors (Lipinski definition) is 5. The molecule has 1 heterocycles. The molecule has 0 radical (unpaired) electrons. The minimum atomic E-state index is -2.67.